The van der Waals surface area contributed by atoms with E-state index in [1.807, 2.05) is 6.08 Å². The second kappa shape index (κ2) is 55.4. The number of carbonyl (C=O) groups is 3. The molecule has 1 atom stereocenters. The fourth-order valence-electron chi connectivity index (χ4n) is 8.00. The topological polar surface area (TPSA) is 78.9 Å². The van der Waals surface area contributed by atoms with Crippen molar-refractivity contribution in [2.24, 2.45) is 0 Å². The molecule has 0 aliphatic carbocycles. The maximum atomic E-state index is 12.8. The van der Waals surface area contributed by atoms with Gasteiger partial charge in [0.15, 0.2) is 6.10 Å². The van der Waals surface area contributed by atoms with E-state index in [1.54, 1.807) is 0 Å². The van der Waals surface area contributed by atoms with E-state index in [1.165, 1.54) is 154 Å². The zero-order valence-electron chi connectivity index (χ0n) is 44.2. The lowest BCUT2D eigenvalue weighted by Gasteiger charge is -2.18. The minimum Gasteiger partial charge on any atom is -0.462 e. The summed E-state index contributed by atoms with van der Waals surface area (Å²) in [7, 11) is 0. The lowest BCUT2D eigenvalue weighted by atomic mass is 10.0. The Kier molecular flexibility index (Phi) is 52.8. The molecule has 0 N–H and O–H groups in total. The minimum absolute atomic E-state index is 0.0949. The summed E-state index contributed by atoms with van der Waals surface area (Å²) in [6.07, 6.45) is 70.5. The Hall–Kier alpha value is -3.15. The van der Waals surface area contributed by atoms with Crippen LogP contribution in [0.2, 0.25) is 0 Å². The summed E-state index contributed by atoms with van der Waals surface area (Å²) in [5.41, 5.74) is 0. The summed E-state index contributed by atoms with van der Waals surface area (Å²) in [6, 6.07) is 0. The van der Waals surface area contributed by atoms with Crippen molar-refractivity contribution in [2.75, 3.05) is 13.2 Å². The van der Waals surface area contributed by atoms with Gasteiger partial charge in [0.05, 0.1) is 0 Å². The molecule has 0 aromatic heterocycles. The molecule has 0 amide bonds. The predicted octanol–water partition coefficient (Wildman–Crippen LogP) is 19.0. The standard InChI is InChI=1S/C61H106O6/c1-4-7-10-13-16-19-22-25-27-29-31-33-34-36-39-42-45-48-51-54-60(63)66-57-58(56-65-59(62)53-50-47-44-41-38-24-21-18-15-12-9-6-3)67-61(64)55-52-49-46-43-40-37-35-32-30-28-26-23-20-17-14-11-8-5-2/h7,10,16,19,25,27,31,33,36,39,45,48,58H,4-6,8-9,11-15,17-18,20-24,26,28-30,32,34-35,37-38,40-44,46-47,49-57H2,1-3H3/b10-7-,19-16-,27-25-,33-31-,39-36-,48-45-/t58-/m1/s1. The van der Waals surface area contributed by atoms with Crippen LogP contribution in [0.15, 0.2) is 72.9 Å². The van der Waals surface area contributed by atoms with Gasteiger partial charge in [-0.15, -0.1) is 0 Å². The lowest BCUT2D eigenvalue weighted by Crippen LogP contribution is -2.30. The molecule has 0 aromatic carbocycles. The number of ether oxygens (including phenoxy) is 3. The third-order valence-electron chi connectivity index (χ3n) is 12.2. The van der Waals surface area contributed by atoms with E-state index in [0.29, 0.717) is 19.3 Å². The lowest BCUT2D eigenvalue weighted by molar-refractivity contribution is -0.166. The van der Waals surface area contributed by atoms with Crippen molar-refractivity contribution >= 4 is 17.9 Å². The van der Waals surface area contributed by atoms with Crippen molar-refractivity contribution in [1.29, 1.82) is 0 Å². The van der Waals surface area contributed by atoms with Crippen LogP contribution in [0.25, 0.3) is 0 Å². The Morgan fingerprint density at radius 3 is 0.910 bits per heavy atom. The van der Waals surface area contributed by atoms with Crippen molar-refractivity contribution in [3.8, 4) is 0 Å². The third kappa shape index (κ3) is 53.7. The van der Waals surface area contributed by atoms with Crippen LogP contribution in [0.1, 0.15) is 278 Å². The molecule has 6 nitrogen and oxygen atoms in total. The molecule has 0 aromatic rings. The SMILES string of the molecule is CC/C=C\C/C=C\C/C=C\C/C=C\C/C=C\C/C=C\CCC(=O)OC[C@@H](COC(=O)CCCCCCCCCCCCCC)OC(=O)CCCCCCCCCCCCCCCCCCCC. The maximum Gasteiger partial charge on any atom is 0.306 e. The fraction of sp³-hybridized carbons (Fsp3) is 0.754. The van der Waals surface area contributed by atoms with E-state index in [4.69, 9.17) is 14.2 Å². The maximum absolute atomic E-state index is 12.8. The molecule has 0 saturated carbocycles. The first-order chi connectivity index (χ1) is 33.0. The van der Waals surface area contributed by atoms with Gasteiger partial charge in [0.25, 0.3) is 0 Å². The molecule has 0 rings (SSSR count). The van der Waals surface area contributed by atoms with E-state index in [9.17, 15) is 14.4 Å². The molecule has 0 saturated heterocycles. The number of unbranched alkanes of at least 4 members (excludes halogenated alkanes) is 28. The van der Waals surface area contributed by atoms with Crippen LogP contribution in [0.4, 0.5) is 0 Å². The summed E-state index contributed by atoms with van der Waals surface area (Å²) in [5.74, 6) is -0.972. The van der Waals surface area contributed by atoms with Gasteiger partial charge in [-0.2, -0.15) is 0 Å². The van der Waals surface area contributed by atoms with Crippen LogP contribution in [-0.2, 0) is 28.6 Å². The van der Waals surface area contributed by atoms with Gasteiger partial charge in [-0.1, -0.05) is 273 Å². The Balaban J connectivity index is 4.44. The highest BCUT2D eigenvalue weighted by atomic mass is 16.6. The molecule has 6 heteroatoms. The summed E-state index contributed by atoms with van der Waals surface area (Å²) < 4.78 is 16.8. The molecule has 0 unspecified atom stereocenters. The Morgan fingerprint density at radius 1 is 0.313 bits per heavy atom. The van der Waals surface area contributed by atoms with Gasteiger partial charge in [0, 0.05) is 19.3 Å². The smallest absolute Gasteiger partial charge is 0.306 e. The zero-order valence-corrected chi connectivity index (χ0v) is 44.2. The van der Waals surface area contributed by atoms with Crippen molar-refractivity contribution in [2.45, 2.75) is 284 Å². The number of hydrogen-bond acceptors (Lipinski definition) is 6. The van der Waals surface area contributed by atoms with Gasteiger partial charge in [-0.25, -0.2) is 0 Å². The highest BCUT2D eigenvalue weighted by Gasteiger charge is 2.19. The number of esters is 3. The Labute approximate surface area is 414 Å². The molecule has 67 heavy (non-hydrogen) atoms. The summed E-state index contributed by atoms with van der Waals surface area (Å²) in [4.78, 5) is 38.1. The van der Waals surface area contributed by atoms with Crippen LogP contribution < -0.4 is 0 Å². The molecule has 0 aliphatic heterocycles. The largest absolute Gasteiger partial charge is 0.462 e. The zero-order chi connectivity index (χ0) is 48.6. The van der Waals surface area contributed by atoms with Crippen molar-refractivity contribution in [1.82, 2.24) is 0 Å². The molecular formula is C61H106O6. The molecule has 0 heterocycles. The van der Waals surface area contributed by atoms with Crippen molar-refractivity contribution in [3.63, 3.8) is 0 Å². The molecule has 0 fully saturated rings. The highest BCUT2D eigenvalue weighted by molar-refractivity contribution is 5.71. The molecule has 0 aliphatic rings. The van der Waals surface area contributed by atoms with E-state index in [0.717, 1.165) is 77.0 Å². The first-order valence-corrected chi connectivity index (χ1v) is 28.4. The highest BCUT2D eigenvalue weighted by Crippen LogP contribution is 2.16. The summed E-state index contributed by atoms with van der Waals surface area (Å²) in [6.45, 7) is 6.48. The average molecular weight is 936 g/mol. The number of rotatable bonds is 51. The molecular weight excluding hydrogens is 829 g/mol. The Morgan fingerprint density at radius 2 is 0.582 bits per heavy atom. The third-order valence-corrected chi connectivity index (χ3v) is 12.2. The number of carbonyl (C=O) groups excluding carboxylic acids is 3. The van der Waals surface area contributed by atoms with Gasteiger partial charge < -0.3 is 14.2 Å². The minimum atomic E-state index is -0.802. The van der Waals surface area contributed by atoms with Gasteiger partial charge in [0.2, 0.25) is 0 Å². The molecule has 386 valence electrons. The molecule has 0 bridgehead atoms. The second-order valence-electron chi connectivity index (χ2n) is 18.8. The van der Waals surface area contributed by atoms with Gasteiger partial charge in [-0.05, 0) is 57.8 Å². The van der Waals surface area contributed by atoms with Crippen LogP contribution in [0.5, 0.6) is 0 Å². The van der Waals surface area contributed by atoms with Crippen LogP contribution in [-0.4, -0.2) is 37.2 Å². The first-order valence-electron chi connectivity index (χ1n) is 28.4. The Bertz CT molecular complexity index is 1260. The number of hydrogen-bond donors (Lipinski definition) is 0. The van der Waals surface area contributed by atoms with Gasteiger partial charge in [-0.3, -0.25) is 14.4 Å². The first kappa shape index (κ1) is 63.8. The van der Waals surface area contributed by atoms with E-state index in [-0.39, 0.29) is 37.5 Å². The van der Waals surface area contributed by atoms with Gasteiger partial charge >= 0.3 is 17.9 Å². The fourth-order valence-corrected chi connectivity index (χ4v) is 8.00. The molecule has 0 radical (unpaired) electrons. The molecule has 0 spiro atoms. The van der Waals surface area contributed by atoms with Crippen molar-refractivity contribution < 1.29 is 28.6 Å². The van der Waals surface area contributed by atoms with Crippen molar-refractivity contribution in [3.05, 3.63) is 72.9 Å². The number of allylic oxidation sites excluding steroid dienone is 12. The second-order valence-corrected chi connectivity index (χ2v) is 18.8. The normalized spacial score (nSPS) is 12.6. The van der Waals surface area contributed by atoms with Crippen LogP contribution in [0, 0.1) is 0 Å². The monoisotopic (exact) mass is 935 g/mol. The quantitative estimate of drug-likeness (QED) is 0.0262. The predicted molar refractivity (Wildman–Crippen MR) is 288 cm³/mol. The van der Waals surface area contributed by atoms with Gasteiger partial charge in [0.1, 0.15) is 13.2 Å². The van der Waals surface area contributed by atoms with E-state index in [2.05, 4.69) is 87.6 Å². The average Bonchev–Trinajstić information content (AvgIpc) is 3.33. The van der Waals surface area contributed by atoms with Crippen LogP contribution >= 0.6 is 0 Å². The summed E-state index contributed by atoms with van der Waals surface area (Å²) >= 11 is 0. The van der Waals surface area contributed by atoms with Crippen LogP contribution in [0.3, 0.4) is 0 Å². The summed E-state index contributed by atoms with van der Waals surface area (Å²) in [5, 5.41) is 0. The van der Waals surface area contributed by atoms with E-state index < -0.39 is 6.10 Å². The van der Waals surface area contributed by atoms with E-state index >= 15 is 0 Å².